The Bertz CT molecular complexity index is 1120. The summed E-state index contributed by atoms with van der Waals surface area (Å²) in [6.07, 6.45) is 0. The third kappa shape index (κ3) is 6.47. The van der Waals surface area contributed by atoms with Gasteiger partial charge in [0.2, 0.25) is 5.16 Å². The zero-order valence-corrected chi connectivity index (χ0v) is 22.5. The molecule has 0 fully saturated rings. The summed E-state index contributed by atoms with van der Waals surface area (Å²) in [7, 11) is -2.52. The Morgan fingerprint density at radius 2 is 1.93 bits per heavy atom. The SMILES string of the molecule is COc1cccc(C(=O)Nc2ccc(C)c(-n3nnnc3S(=O)(=O)[S-])c2)c1.[Au+].[K]. The molecule has 9 nitrogen and oxygen atoms in total. The van der Waals surface area contributed by atoms with Crippen molar-refractivity contribution in [3.8, 4) is 11.4 Å². The van der Waals surface area contributed by atoms with Crippen LogP contribution in [0.4, 0.5) is 5.69 Å². The molecule has 1 radical (unpaired) electrons. The molecule has 0 bridgehead atoms. The maximum atomic E-state index is 12.5. The van der Waals surface area contributed by atoms with Crippen molar-refractivity contribution < 1.29 is 40.3 Å². The summed E-state index contributed by atoms with van der Waals surface area (Å²) in [6, 6.07) is 11.6. The number of nitrogens with one attached hydrogen (secondary N) is 1. The molecule has 0 saturated heterocycles. The molecule has 29 heavy (non-hydrogen) atoms. The summed E-state index contributed by atoms with van der Waals surface area (Å²) in [4.78, 5) is 12.5. The fourth-order valence-corrected chi connectivity index (χ4v) is 3.16. The first-order valence-corrected chi connectivity index (χ1v) is 10.0. The minimum Gasteiger partial charge on any atom is -0.641 e. The van der Waals surface area contributed by atoms with Gasteiger partial charge in [0.15, 0.2) is 0 Å². The normalized spacial score (nSPS) is 10.4. The van der Waals surface area contributed by atoms with E-state index in [-0.39, 0.29) is 79.7 Å². The number of methoxy groups -OCH3 is 1. The Morgan fingerprint density at radius 3 is 2.59 bits per heavy atom. The second kappa shape index (κ2) is 11.2. The number of ether oxygens (including phenoxy) is 1. The fraction of sp³-hybridized carbons (Fsp3) is 0.125. The predicted octanol–water partition coefficient (Wildman–Crippen LogP) is 1.08. The summed E-state index contributed by atoms with van der Waals surface area (Å²) >= 11 is 4.45. The van der Waals surface area contributed by atoms with Crippen molar-refractivity contribution in [3.63, 3.8) is 0 Å². The van der Waals surface area contributed by atoms with Crippen molar-refractivity contribution in [1.82, 2.24) is 20.2 Å². The number of carbonyl (C=O) groups is 1. The molecule has 1 heterocycles. The van der Waals surface area contributed by atoms with Gasteiger partial charge in [0.1, 0.15) is 5.75 Å². The van der Waals surface area contributed by atoms with Crippen LogP contribution in [-0.2, 0) is 42.9 Å². The Morgan fingerprint density at radius 1 is 1.21 bits per heavy atom. The number of aromatic nitrogens is 4. The Balaban J connectivity index is 0.00000210. The maximum absolute atomic E-state index is 12.5. The first kappa shape index (κ1) is 26.5. The monoisotopic (exact) mass is 640 g/mol. The van der Waals surface area contributed by atoms with Gasteiger partial charge in [-0.1, -0.05) is 17.2 Å². The van der Waals surface area contributed by atoms with Crippen LogP contribution in [0, 0.1) is 6.92 Å². The molecule has 0 unspecified atom stereocenters. The molecule has 2 aromatic carbocycles. The zero-order valence-electron chi connectivity index (χ0n) is 15.6. The van der Waals surface area contributed by atoms with Crippen LogP contribution in [0.15, 0.2) is 47.6 Å². The van der Waals surface area contributed by atoms with Crippen LogP contribution in [0.3, 0.4) is 0 Å². The van der Waals surface area contributed by atoms with Crippen LogP contribution >= 0.6 is 0 Å². The number of hydrogen-bond acceptors (Lipinski definition) is 8. The minimum atomic E-state index is -4.03. The molecular formula is C16H14AuKN5O4S2. The molecule has 0 atom stereocenters. The quantitative estimate of drug-likeness (QED) is 0.251. The minimum absolute atomic E-state index is 0. The summed E-state index contributed by atoms with van der Waals surface area (Å²) in [5.41, 5.74) is 1.92. The van der Waals surface area contributed by atoms with E-state index >= 15 is 0 Å². The van der Waals surface area contributed by atoms with Gasteiger partial charge in [0, 0.05) is 62.6 Å². The fourth-order valence-electron chi connectivity index (χ4n) is 2.37. The zero-order chi connectivity index (χ0) is 19.6. The molecule has 1 aromatic heterocycles. The first-order chi connectivity index (χ1) is 12.8. The third-order valence-corrected chi connectivity index (χ3v) is 4.84. The Hall–Kier alpha value is -0.543. The number of anilines is 1. The van der Waals surface area contributed by atoms with Crippen LogP contribution in [0.5, 0.6) is 5.75 Å². The summed E-state index contributed by atoms with van der Waals surface area (Å²) in [6.45, 7) is 1.75. The standard InChI is InChI=1S/C16H15N5O4S2.Au.K/c1-10-6-7-12(17-15(22)11-4-3-5-13(8-11)25-2)9-14(10)21-16(18-19-20-21)27(23,24)26;;/h3-9H,1-2H3,(H,17,22)(H,23,24,26);;/q;+1;/p-1. The van der Waals surface area contributed by atoms with Gasteiger partial charge >= 0.3 is 22.4 Å². The molecule has 1 N–H and O–H groups in total. The molecule has 1 amide bonds. The molecular weight excluding hydrogens is 626 g/mol. The van der Waals surface area contributed by atoms with E-state index in [9.17, 15) is 13.2 Å². The first-order valence-electron chi connectivity index (χ1n) is 7.60. The number of amides is 1. The molecule has 3 aromatic rings. The molecule has 0 aliphatic rings. The van der Waals surface area contributed by atoms with Crippen LogP contribution < -0.4 is 10.1 Å². The average molecular weight is 641 g/mol. The number of rotatable bonds is 5. The Labute approximate surface area is 230 Å². The van der Waals surface area contributed by atoms with E-state index in [2.05, 4.69) is 32.5 Å². The van der Waals surface area contributed by atoms with Gasteiger partial charge in [-0.25, -0.2) is 8.42 Å². The molecule has 0 saturated carbocycles. The van der Waals surface area contributed by atoms with Gasteiger partial charge in [-0.2, -0.15) is 4.68 Å². The van der Waals surface area contributed by atoms with E-state index in [0.29, 0.717) is 28.3 Å². The van der Waals surface area contributed by atoms with Crippen LogP contribution in [0.25, 0.3) is 5.69 Å². The second-order valence-corrected chi connectivity index (χ2v) is 8.10. The van der Waals surface area contributed by atoms with Crippen LogP contribution in [-0.4, -0.2) is 93.0 Å². The number of aryl methyl sites for hydroxylation is 1. The summed E-state index contributed by atoms with van der Waals surface area (Å²) < 4.78 is 29.5. The molecule has 3 rings (SSSR count). The van der Waals surface area contributed by atoms with E-state index in [1.165, 1.54) is 7.11 Å². The second-order valence-electron chi connectivity index (χ2n) is 5.51. The van der Waals surface area contributed by atoms with E-state index in [0.717, 1.165) is 4.68 Å². The third-order valence-electron chi connectivity index (χ3n) is 3.69. The van der Waals surface area contributed by atoms with Crippen LogP contribution in [0.1, 0.15) is 15.9 Å². The van der Waals surface area contributed by atoms with Gasteiger partial charge in [0.25, 0.3) is 5.91 Å². The number of tetrazole rings is 1. The summed E-state index contributed by atoms with van der Waals surface area (Å²) in [5.74, 6) is 0.206. The number of hydrogen-bond donors (Lipinski definition) is 1. The number of carbonyl (C=O) groups excluding carboxylic acids is 1. The predicted molar refractivity (Wildman–Crippen MR) is 105 cm³/mol. The number of benzene rings is 2. The van der Waals surface area contributed by atoms with E-state index in [4.69, 9.17) is 4.74 Å². The average Bonchev–Trinajstić information content (AvgIpc) is 3.13. The van der Waals surface area contributed by atoms with Crippen molar-refractivity contribution in [1.29, 1.82) is 0 Å². The smallest absolute Gasteiger partial charge is 0.641 e. The maximum Gasteiger partial charge on any atom is 1.00 e. The molecule has 0 aliphatic heterocycles. The van der Waals surface area contributed by atoms with Gasteiger partial charge < -0.3 is 21.7 Å². The van der Waals surface area contributed by atoms with Gasteiger partial charge in [0.05, 0.1) is 21.7 Å². The molecule has 0 spiro atoms. The molecule has 13 heteroatoms. The van der Waals surface area contributed by atoms with Gasteiger partial charge in [-0.3, -0.25) is 4.79 Å². The Kier molecular flexibility index (Phi) is 10.2. The van der Waals surface area contributed by atoms with E-state index in [1.807, 2.05) is 0 Å². The van der Waals surface area contributed by atoms with Crippen molar-refractivity contribution in [2.24, 2.45) is 0 Å². The van der Waals surface area contributed by atoms with Crippen LogP contribution in [0.2, 0.25) is 0 Å². The van der Waals surface area contributed by atoms with Crippen molar-refractivity contribution in [3.05, 3.63) is 53.6 Å². The van der Waals surface area contributed by atoms with Crippen molar-refractivity contribution in [2.45, 2.75) is 12.1 Å². The van der Waals surface area contributed by atoms with Crippen molar-refractivity contribution >= 4 is 83.5 Å². The summed E-state index contributed by atoms with van der Waals surface area (Å²) in [5, 5.41) is 12.8. The van der Waals surface area contributed by atoms with Gasteiger partial charge in [-0.05, 0) is 53.2 Å². The van der Waals surface area contributed by atoms with Crippen molar-refractivity contribution in [2.75, 3.05) is 12.4 Å². The topological polar surface area (TPSA) is 116 Å². The molecule has 151 valence electrons. The van der Waals surface area contributed by atoms with Gasteiger partial charge in [-0.15, -0.1) is 0 Å². The molecule has 0 aliphatic carbocycles. The number of nitrogens with zero attached hydrogens (tertiary/aromatic N) is 4. The largest absolute Gasteiger partial charge is 1.00 e. The van der Waals surface area contributed by atoms with E-state index in [1.54, 1.807) is 49.4 Å². The van der Waals surface area contributed by atoms with E-state index < -0.39 is 14.0 Å².